The summed E-state index contributed by atoms with van der Waals surface area (Å²) in [5, 5.41) is 9.01. The number of ether oxygens (including phenoxy) is 1. The standard InChI is InChI=1S/C15H12FNO4/c1-2-13(18)12-5-4-10(8-17-12)21-14-6-3-9(16)7-11(14)15(19)20/h3-8H,2H2,1H3,(H,19,20). The van der Waals surface area contributed by atoms with Gasteiger partial charge in [-0.1, -0.05) is 6.92 Å². The third-order valence-corrected chi connectivity index (χ3v) is 2.74. The quantitative estimate of drug-likeness (QED) is 0.854. The Labute approximate surface area is 120 Å². The molecule has 5 nitrogen and oxygen atoms in total. The molecule has 1 aromatic heterocycles. The molecule has 0 bridgehead atoms. The van der Waals surface area contributed by atoms with Crippen LogP contribution in [-0.2, 0) is 0 Å². The number of aromatic nitrogens is 1. The third-order valence-electron chi connectivity index (χ3n) is 2.74. The lowest BCUT2D eigenvalue weighted by Crippen LogP contribution is -2.02. The number of carbonyl (C=O) groups is 2. The van der Waals surface area contributed by atoms with Crippen molar-refractivity contribution < 1.29 is 23.8 Å². The molecule has 0 spiro atoms. The maximum Gasteiger partial charge on any atom is 0.339 e. The lowest BCUT2D eigenvalue weighted by molar-refractivity contribution is 0.0693. The fraction of sp³-hybridized carbons (Fsp3) is 0.133. The van der Waals surface area contributed by atoms with E-state index >= 15 is 0 Å². The van der Waals surface area contributed by atoms with Crippen molar-refractivity contribution in [3.63, 3.8) is 0 Å². The average molecular weight is 289 g/mol. The van der Waals surface area contributed by atoms with Crippen LogP contribution in [0.3, 0.4) is 0 Å². The number of ketones is 1. The van der Waals surface area contributed by atoms with Crippen LogP contribution in [0.15, 0.2) is 36.5 Å². The maximum absolute atomic E-state index is 13.1. The molecule has 1 aromatic carbocycles. The van der Waals surface area contributed by atoms with Crippen LogP contribution in [0.5, 0.6) is 11.5 Å². The van der Waals surface area contributed by atoms with Crippen molar-refractivity contribution in [1.82, 2.24) is 4.98 Å². The number of halogens is 1. The molecular formula is C15H12FNO4. The highest BCUT2D eigenvalue weighted by Crippen LogP contribution is 2.26. The molecule has 0 amide bonds. The topological polar surface area (TPSA) is 76.5 Å². The Morgan fingerprint density at radius 2 is 2.05 bits per heavy atom. The predicted molar refractivity (Wildman–Crippen MR) is 72.3 cm³/mol. The molecule has 2 aromatic rings. The van der Waals surface area contributed by atoms with Crippen LogP contribution in [0, 0.1) is 5.82 Å². The Morgan fingerprint density at radius 3 is 2.62 bits per heavy atom. The largest absolute Gasteiger partial charge is 0.478 e. The van der Waals surface area contributed by atoms with E-state index in [-0.39, 0.29) is 22.8 Å². The smallest absolute Gasteiger partial charge is 0.339 e. The zero-order valence-corrected chi connectivity index (χ0v) is 11.2. The number of aromatic carboxylic acids is 1. The molecule has 2 rings (SSSR count). The molecule has 0 atom stereocenters. The number of Topliss-reactive ketones (excluding diaryl/α,β-unsaturated/α-hetero) is 1. The maximum atomic E-state index is 13.1. The van der Waals surface area contributed by atoms with E-state index in [2.05, 4.69) is 4.98 Å². The van der Waals surface area contributed by atoms with Crippen molar-refractivity contribution in [1.29, 1.82) is 0 Å². The first-order valence-corrected chi connectivity index (χ1v) is 6.21. The highest BCUT2D eigenvalue weighted by atomic mass is 19.1. The van der Waals surface area contributed by atoms with E-state index < -0.39 is 11.8 Å². The molecule has 0 unspecified atom stereocenters. The highest BCUT2D eigenvalue weighted by molar-refractivity contribution is 5.94. The summed E-state index contributed by atoms with van der Waals surface area (Å²) in [6.45, 7) is 1.73. The second-order valence-corrected chi connectivity index (χ2v) is 4.20. The number of carbonyl (C=O) groups excluding carboxylic acids is 1. The molecule has 0 saturated carbocycles. The molecule has 0 aliphatic rings. The fourth-order valence-electron chi connectivity index (χ4n) is 1.67. The first kappa shape index (κ1) is 14.6. The number of rotatable bonds is 5. The second kappa shape index (κ2) is 6.13. The van der Waals surface area contributed by atoms with Gasteiger partial charge in [-0.2, -0.15) is 0 Å². The summed E-state index contributed by atoms with van der Waals surface area (Å²) in [4.78, 5) is 26.4. The van der Waals surface area contributed by atoms with Crippen molar-refractivity contribution in [3.8, 4) is 11.5 Å². The van der Waals surface area contributed by atoms with Gasteiger partial charge in [-0.05, 0) is 30.3 Å². The van der Waals surface area contributed by atoms with Crippen LogP contribution in [-0.4, -0.2) is 21.8 Å². The van der Waals surface area contributed by atoms with E-state index in [9.17, 15) is 14.0 Å². The molecule has 1 N–H and O–H groups in total. The first-order valence-electron chi connectivity index (χ1n) is 6.21. The Bertz CT molecular complexity index is 683. The molecule has 108 valence electrons. The van der Waals surface area contributed by atoms with Crippen molar-refractivity contribution in [2.24, 2.45) is 0 Å². The summed E-state index contributed by atoms with van der Waals surface area (Å²) in [5.74, 6) is -1.80. The van der Waals surface area contributed by atoms with Crippen molar-refractivity contribution in [2.45, 2.75) is 13.3 Å². The lowest BCUT2D eigenvalue weighted by atomic mass is 10.2. The van der Waals surface area contributed by atoms with Crippen molar-refractivity contribution >= 4 is 11.8 Å². The summed E-state index contributed by atoms with van der Waals surface area (Å²) in [5.41, 5.74) is 0.0196. The number of hydrogen-bond donors (Lipinski definition) is 1. The summed E-state index contributed by atoms with van der Waals surface area (Å²) < 4.78 is 18.4. The third kappa shape index (κ3) is 3.42. The predicted octanol–water partition coefficient (Wildman–Crippen LogP) is 3.30. The van der Waals surface area contributed by atoms with Gasteiger partial charge in [0.05, 0.1) is 6.20 Å². The summed E-state index contributed by atoms with van der Waals surface area (Å²) >= 11 is 0. The second-order valence-electron chi connectivity index (χ2n) is 4.20. The molecule has 0 fully saturated rings. The number of benzene rings is 1. The van der Waals surface area contributed by atoms with E-state index in [1.54, 1.807) is 6.92 Å². The molecule has 0 radical (unpaired) electrons. The molecule has 0 saturated heterocycles. The van der Waals surface area contributed by atoms with Gasteiger partial charge >= 0.3 is 5.97 Å². The minimum atomic E-state index is -1.30. The van der Waals surface area contributed by atoms with Gasteiger partial charge in [-0.3, -0.25) is 4.79 Å². The van der Waals surface area contributed by atoms with Gasteiger partial charge in [0.25, 0.3) is 0 Å². The minimum absolute atomic E-state index is 0.000248. The van der Waals surface area contributed by atoms with Gasteiger partial charge in [0.2, 0.25) is 0 Å². The monoisotopic (exact) mass is 289 g/mol. The van der Waals surface area contributed by atoms with Gasteiger partial charge < -0.3 is 9.84 Å². The van der Waals surface area contributed by atoms with Crippen LogP contribution >= 0.6 is 0 Å². The summed E-state index contributed by atoms with van der Waals surface area (Å²) in [6, 6.07) is 6.20. The zero-order chi connectivity index (χ0) is 15.4. The van der Waals surface area contributed by atoms with Crippen molar-refractivity contribution in [2.75, 3.05) is 0 Å². The summed E-state index contributed by atoms with van der Waals surface area (Å²) in [7, 11) is 0. The van der Waals surface area contributed by atoms with Crippen LogP contribution in [0.25, 0.3) is 0 Å². The van der Waals surface area contributed by atoms with E-state index in [4.69, 9.17) is 9.84 Å². The van der Waals surface area contributed by atoms with Gasteiger partial charge in [-0.25, -0.2) is 14.2 Å². The SMILES string of the molecule is CCC(=O)c1ccc(Oc2ccc(F)cc2C(=O)O)cn1. The normalized spacial score (nSPS) is 10.2. The molecule has 6 heteroatoms. The van der Waals surface area contributed by atoms with Gasteiger partial charge in [0.1, 0.15) is 28.6 Å². The number of pyridine rings is 1. The van der Waals surface area contributed by atoms with Gasteiger partial charge in [0.15, 0.2) is 5.78 Å². The molecule has 1 heterocycles. The number of carboxylic acids is 1. The Hall–Kier alpha value is -2.76. The molecule has 21 heavy (non-hydrogen) atoms. The fourth-order valence-corrected chi connectivity index (χ4v) is 1.67. The number of nitrogens with zero attached hydrogens (tertiary/aromatic N) is 1. The van der Waals surface area contributed by atoms with Gasteiger partial charge in [-0.15, -0.1) is 0 Å². The zero-order valence-electron chi connectivity index (χ0n) is 11.2. The Kier molecular flexibility index (Phi) is 4.27. The van der Waals surface area contributed by atoms with E-state index in [1.807, 2.05) is 0 Å². The molecular weight excluding hydrogens is 277 g/mol. The Balaban J connectivity index is 2.26. The lowest BCUT2D eigenvalue weighted by Gasteiger charge is -2.08. The number of carboxylic acid groups (broad SMARTS) is 1. The summed E-state index contributed by atoms with van der Waals surface area (Å²) in [6.07, 6.45) is 1.66. The van der Waals surface area contributed by atoms with Gasteiger partial charge in [0, 0.05) is 6.42 Å². The first-order chi connectivity index (χ1) is 10.0. The van der Waals surface area contributed by atoms with E-state index in [1.165, 1.54) is 24.4 Å². The number of hydrogen-bond acceptors (Lipinski definition) is 4. The van der Waals surface area contributed by atoms with E-state index in [0.717, 1.165) is 12.1 Å². The highest BCUT2D eigenvalue weighted by Gasteiger charge is 2.14. The average Bonchev–Trinajstić information content (AvgIpc) is 2.49. The minimum Gasteiger partial charge on any atom is -0.478 e. The van der Waals surface area contributed by atoms with Crippen LogP contribution in [0.1, 0.15) is 34.2 Å². The van der Waals surface area contributed by atoms with Crippen LogP contribution in [0.2, 0.25) is 0 Å². The van der Waals surface area contributed by atoms with Crippen molar-refractivity contribution in [3.05, 3.63) is 53.6 Å². The van der Waals surface area contributed by atoms with Crippen LogP contribution < -0.4 is 4.74 Å². The molecule has 0 aliphatic heterocycles. The Morgan fingerprint density at radius 1 is 1.29 bits per heavy atom. The van der Waals surface area contributed by atoms with E-state index in [0.29, 0.717) is 12.1 Å². The van der Waals surface area contributed by atoms with Crippen LogP contribution in [0.4, 0.5) is 4.39 Å². The molecule has 0 aliphatic carbocycles.